The van der Waals surface area contributed by atoms with Crippen molar-refractivity contribution in [2.24, 2.45) is 0 Å². The fourth-order valence-corrected chi connectivity index (χ4v) is 10.1. The Balaban J connectivity index is 1.96. The van der Waals surface area contributed by atoms with Gasteiger partial charge < -0.3 is 0 Å². The Morgan fingerprint density at radius 3 is 1.64 bits per heavy atom. The Labute approximate surface area is 76.9 Å². The molecule has 0 aromatic rings. The van der Waals surface area contributed by atoms with Gasteiger partial charge in [0.1, 0.15) is 0 Å². The number of fused-ring (bicyclic) bond motifs is 6. The fraction of sp³-hybridized carbons (Fsp3) is 1.00. The molecule has 0 aromatic heterocycles. The minimum atomic E-state index is -0.723. The first-order valence-corrected chi connectivity index (χ1v) is 11.1. The van der Waals surface area contributed by atoms with E-state index >= 15 is 0 Å². The maximum atomic E-state index is 2.69. The molecule has 11 heavy (non-hydrogen) atoms. The van der Waals surface area contributed by atoms with Crippen LogP contribution >= 0.6 is 0 Å². The van der Waals surface area contributed by atoms with Crippen molar-refractivity contribution >= 4 is 19.8 Å². The van der Waals surface area contributed by atoms with Gasteiger partial charge in [-0.15, -0.1) is 0 Å². The summed E-state index contributed by atoms with van der Waals surface area (Å²) in [7, 11) is 0. The predicted molar refractivity (Wildman–Crippen MR) is 50.5 cm³/mol. The maximum absolute atomic E-state index is 2.69. The molecule has 62 valence electrons. The summed E-state index contributed by atoms with van der Waals surface area (Å²) in [5.74, 6) is 0. The van der Waals surface area contributed by atoms with Crippen molar-refractivity contribution in [2.75, 3.05) is 19.6 Å². The number of rotatable bonds is 0. The number of hydrogen-bond donors (Lipinski definition) is 0. The molecule has 3 fully saturated rings. The van der Waals surface area contributed by atoms with Crippen molar-refractivity contribution in [3.05, 3.63) is 0 Å². The molecule has 2 bridgehead atoms. The van der Waals surface area contributed by atoms with Gasteiger partial charge in [0.15, 0.2) is 0 Å². The zero-order valence-corrected chi connectivity index (χ0v) is 10.2. The molecule has 0 saturated carbocycles. The van der Waals surface area contributed by atoms with Crippen molar-refractivity contribution in [1.29, 1.82) is 0 Å². The van der Waals surface area contributed by atoms with Gasteiger partial charge in [0.2, 0.25) is 0 Å². The standard InChI is InChI=1S/C9H18N.Sn/c1-4-7-10(8-5-2)9-6-3;/h1-9H2;/q;+1. The third kappa shape index (κ3) is 2.35. The zero-order valence-electron chi connectivity index (χ0n) is 7.31. The molecule has 3 aliphatic rings. The van der Waals surface area contributed by atoms with Gasteiger partial charge in [-0.05, 0) is 0 Å². The summed E-state index contributed by atoms with van der Waals surface area (Å²) >= 11 is -0.723. The van der Waals surface area contributed by atoms with Gasteiger partial charge in [0.25, 0.3) is 0 Å². The molecule has 0 radical (unpaired) electrons. The number of nitrogens with zero attached hydrogens (tertiary/aromatic N) is 1. The zero-order chi connectivity index (χ0) is 7.52. The van der Waals surface area contributed by atoms with Crippen LogP contribution in [0.1, 0.15) is 19.3 Å². The van der Waals surface area contributed by atoms with Crippen molar-refractivity contribution in [1.82, 2.24) is 4.90 Å². The van der Waals surface area contributed by atoms with E-state index in [0.717, 1.165) is 0 Å². The second kappa shape index (κ2) is 4.13. The van der Waals surface area contributed by atoms with Crippen molar-refractivity contribution in [3.63, 3.8) is 0 Å². The molecule has 3 rings (SSSR count). The van der Waals surface area contributed by atoms with Gasteiger partial charge in [0, 0.05) is 0 Å². The molecule has 0 aromatic carbocycles. The third-order valence-corrected chi connectivity index (χ3v) is 12.1. The Morgan fingerprint density at radius 2 is 1.18 bits per heavy atom. The van der Waals surface area contributed by atoms with Crippen LogP contribution in [0.5, 0.6) is 0 Å². The van der Waals surface area contributed by atoms with Crippen molar-refractivity contribution < 1.29 is 0 Å². The van der Waals surface area contributed by atoms with E-state index in [9.17, 15) is 0 Å². The van der Waals surface area contributed by atoms with E-state index in [1.54, 1.807) is 32.6 Å². The second-order valence-electron chi connectivity index (χ2n) is 3.90. The molecule has 0 unspecified atom stereocenters. The first-order valence-electron chi connectivity index (χ1n) is 5.01. The molecule has 3 aliphatic heterocycles. The van der Waals surface area contributed by atoms with E-state index in [1.165, 1.54) is 19.6 Å². The van der Waals surface area contributed by atoms with Gasteiger partial charge >= 0.3 is 76.9 Å². The summed E-state index contributed by atoms with van der Waals surface area (Å²) in [4.78, 5) is 2.69. The molecule has 0 amide bonds. The Kier molecular flexibility index (Phi) is 3.14. The van der Waals surface area contributed by atoms with Crippen molar-refractivity contribution in [3.8, 4) is 0 Å². The Bertz CT molecular complexity index is 91.0. The predicted octanol–water partition coefficient (Wildman–Crippen LogP) is 1.98. The third-order valence-electron chi connectivity index (χ3n) is 3.01. The van der Waals surface area contributed by atoms with E-state index in [0.29, 0.717) is 0 Å². The van der Waals surface area contributed by atoms with Crippen LogP contribution in [-0.2, 0) is 0 Å². The van der Waals surface area contributed by atoms with Crippen LogP contribution in [0.25, 0.3) is 0 Å². The molecule has 0 N–H and O–H groups in total. The van der Waals surface area contributed by atoms with E-state index in [-0.39, 0.29) is 0 Å². The molecule has 3 saturated heterocycles. The molecule has 0 atom stereocenters. The van der Waals surface area contributed by atoms with Crippen LogP contribution in [0.2, 0.25) is 13.3 Å². The van der Waals surface area contributed by atoms with E-state index in [4.69, 9.17) is 0 Å². The number of hydrogen-bond acceptors (Lipinski definition) is 1. The summed E-state index contributed by atoms with van der Waals surface area (Å²) in [5.41, 5.74) is 0. The molecule has 0 aliphatic carbocycles. The van der Waals surface area contributed by atoms with Crippen LogP contribution in [-0.4, -0.2) is 44.3 Å². The summed E-state index contributed by atoms with van der Waals surface area (Å²) < 4.78 is 5.12. The monoisotopic (exact) mass is 260 g/mol. The quantitative estimate of drug-likeness (QED) is 0.601. The molecule has 2 heteroatoms. The first kappa shape index (κ1) is 8.36. The summed E-state index contributed by atoms with van der Waals surface area (Å²) in [5, 5.41) is 0. The van der Waals surface area contributed by atoms with Crippen LogP contribution in [0.15, 0.2) is 0 Å². The van der Waals surface area contributed by atoms with Crippen LogP contribution in [0.3, 0.4) is 0 Å². The Morgan fingerprint density at radius 1 is 0.727 bits per heavy atom. The van der Waals surface area contributed by atoms with Crippen molar-refractivity contribution in [2.45, 2.75) is 32.6 Å². The normalized spacial score (nSPS) is 27.8. The topological polar surface area (TPSA) is 3.24 Å². The SMILES string of the molecule is C1CN2CC[CH2][Sn+]([CH2]1)[CH2]CC2. The van der Waals surface area contributed by atoms with Gasteiger partial charge in [-0.2, -0.15) is 0 Å². The van der Waals surface area contributed by atoms with Crippen LogP contribution in [0.4, 0.5) is 0 Å². The average molecular weight is 259 g/mol. The minimum absolute atomic E-state index is 0.723. The van der Waals surface area contributed by atoms with E-state index in [2.05, 4.69) is 4.90 Å². The van der Waals surface area contributed by atoms with E-state index < -0.39 is 19.8 Å². The van der Waals surface area contributed by atoms with Gasteiger partial charge in [0.05, 0.1) is 0 Å². The molecular weight excluding hydrogens is 241 g/mol. The summed E-state index contributed by atoms with van der Waals surface area (Å²) in [6, 6.07) is 0. The van der Waals surface area contributed by atoms with Crippen LogP contribution in [0, 0.1) is 0 Å². The van der Waals surface area contributed by atoms with E-state index in [1.807, 2.05) is 0 Å². The van der Waals surface area contributed by atoms with Gasteiger partial charge in [-0.1, -0.05) is 0 Å². The van der Waals surface area contributed by atoms with Crippen LogP contribution < -0.4 is 0 Å². The average Bonchev–Trinajstić information content (AvgIpc) is 1.80. The molecule has 3 heterocycles. The molecule has 1 nitrogen and oxygen atoms in total. The summed E-state index contributed by atoms with van der Waals surface area (Å²) in [6.07, 6.45) is 4.65. The second-order valence-corrected chi connectivity index (χ2v) is 12.5. The summed E-state index contributed by atoms with van der Waals surface area (Å²) in [6.45, 7) is 4.30. The first-order chi connectivity index (χ1) is 5.45. The fourth-order valence-electron chi connectivity index (χ4n) is 2.37. The molecular formula is C9H18NSn+. The van der Waals surface area contributed by atoms with Gasteiger partial charge in [-0.3, -0.25) is 0 Å². The molecule has 0 spiro atoms. The Hall–Kier alpha value is 0.759. The van der Waals surface area contributed by atoms with Gasteiger partial charge in [-0.25, -0.2) is 0 Å².